The van der Waals surface area contributed by atoms with Gasteiger partial charge >= 0.3 is 0 Å². The average molecular weight is 387 g/mol. The maximum absolute atomic E-state index is 12.5. The number of rotatable bonds is 7. The van der Waals surface area contributed by atoms with Crippen LogP contribution in [0.25, 0.3) is 10.9 Å². The summed E-state index contributed by atoms with van der Waals surface area (Å²) in [7, 11) is -3.55. The molecule has 1 aromatic heterocycles. The van der Waals surface area contributed by atoms with Crippen LogP contribution in [0.1, 0.15) is 30.7 Å². The Morgan fingerprint density at radius 3 is 2.44 bits per heavy atom. The van der Waals surface area contributed by atoms with E-state index < -0.39 is 10.0 Å². The summed E-state index contributed by atoms with van der Waals surface area (Å²) in [5.74, 6) is 0.661. The Labute approximate surface area is 160 Å². The SMILES string of the molecule is Cc1ccc2[nH]c(C)c(CCNS(=O)(=O)c3ccc(OC(C)C)cc3)c2c1. The molecule has 0 unspecified atom stereocenters. The van der Waals surface area contributed by atoms with Crippen LogP contribution in [-0.2, 0) is 16.4 Å². The summed E-state index contributed by atoms with van der Waals surface area (Å²) < 4.78 is 33.3. The fourth-order valence-corrected chi connectivity index (χ4v) is 4.21. The number of aryl methyl sites for hydroxylation is 2. The van der Waals surface area contributed by atoms with Crippen molar-refractivity contribution >= 4 is 20.9 Å². The molecule has 0 aliphatic carbocycles. The molecule has 0 atom stereocenters. The molecule has 2 aromatic carbocycles. The van der Waals surface area contributed by atoms with Gasteiger partial charge in [-0.3, -0.25) is 0 Å². The second kappa shape index (κ2) is 7.74. The van der Waals surface area contributed by atoms with Gasteiger partial charge in [-0.1, -0.05) is 11.6 Å². The molecule has 0 saturated heterocycles. The number of hydrogen-bond acceptors (Lipinski definition) is 3. The highest BCUT2D eigenvalue weighted by Gasteiger charge is 2.15. The van der Waals surface area contributed by atoms with Crippen molar-refractivity contribution in [3.63, 3.8) is 0 Å². The number of aromatic nitrogens is 1. The Hall–Kier alpha value is -2.31. The molecule has 0 amide bonds. The van der Waals surface area contributed by atoms with Crippen LogP contribution < -0.4 is 9.46 Å². The molecule has 6 heteroatoms. The predicted octanol–water partition coefficient (Wildman–Crippen LogP) is 4.09. The smallest absolute Gasteiger partial charge is 0.240 e. The van der Waals surface area contributed by atoms with E-state index in [1.165, 1.54) is 5.56 Å². The number of aromatic amines is 1. The number of benzene rings is 2. The standard InChI is InChI=1S/C21H26N2O3S/c1-14(2)26-17-6-8-18(9-7-17)27(24,25)22-12-11-19-16(4)23-21-10-5-15(3)13-20(19)21/h5-10,13-14,22-23H,11-12H2,1-4H3. The largest absolute Gasteiger partial charge is 0.491 e. The van der Waals surface area contributed by atoms with E-state index in [1.54, 1.807) is 24.3 Å². The molecular formula is C21H26N2O3S. The normalized spacial score (nSPS) is 12.0. The van der Waals surface area contributed by atoms with Gasteiger partial charge in [-0.15, -0.1) is 0 Å². The van der Waals surface area contributed by atoms with Crippen LogP contribution in [0.5, 0.6) is 5.75 Å². The monoisotopic (exact) mass is 386 g/mol. The van der Waals surface area contributed by atoms with Gasteiger partial charge in [-0.25, -0.2) is 13.1 Å². The van der Waals surface area contributed by atoms with Gasteiger partial charge in [0.25, 0.3) is 0 Å². The summed E-state index contributed by atoms with van der Waals surface area (Å²) >= 11 is 0. The minimum Gasteiger partial charge on any atom is -0.491 e. The third-order valence-electron chi connectivity index (χ3n) is 4.45. The topological polar surface area (TPSA) is 71.2 Å². The third-order valence-corrected chi connectivity index (χ3v) is 5.92. The van der Waals surface area contributed by atoms with E-state index in [4.69, 9.17) is 4.74 Å². The summed E-state index contributed by atoms with van der Waals surface area (Å²) in [5, 5.41) is 1.15. The minimum atomic E-state index is -3.55. The van der Waals surface area contributed by atoms with Gasteiger partial charge in [0.15, 0.2) is 0 Å². The van der Waals surface area contributed by atoms with Crippen molar-refractivity contribution in [3.8, 4) is 5.75 Å². The highest BCUT2D eigenvalue weighted by Crippen LogP contribution is 2.24. The molecule has 0 aliphatic rings. The number of H-pyrrole nitrogens is 1. The lowest BCUT2D eigenvalue weighted by Crippen LogP contribution is -2.26. The van der Waals surface area contributed by atoms with Crippen LogP contribution in [0.15, 0.2) is 47.4 Å². The molecule has 3 rings (SSSR count). The third kappa shape index (κ3) is 4.51. The summed E-state index contributed by atoms with van der Waals surface area (Å²) in [6.45, 7) is 8.28. The summed E-state index contributed by atoms with van der Waals surface area (Å²) in [6.07, 6.45) is 0.678. The molecule has 144 valence electrons. The van der Waals surface area contributed by atoms with Crippen molar-refractivity contribution in [1.29, 1.82) is 0 Å². The quantitative estimate of drug-likeness (QED) is 0.642. The maximum atomic E-state index is 12.5. The van der Waals surface area contributed by atoms with Gasteiger partial charge < -0.3 is 9.72 Å². The second-order valence-corrected chi connectivity index (χ2v) is 8.83. The van der Waals surface area contributed by atoms with Crippen LogP contribution in [0.4, 0.5) is 0 Å². The highest BCUT2D eigenvalue weighted by molar-refractivity contribution is 7.89. The lowest BCUT2D eigenvalue weighted by molar-refractivity contribution is 0.242. The molecule has 27 heavy (non-hydrogen) atoms. The molecule has 0 bridgehead atoms. The number of ether oxygens (including phenoxy) is 1. The van der Waals surface area contributed by atoms with Crippen molar-refractivity contribution in [2.24, 2.45) is 0 Å². The molecule has 0 radical (unpaired) electrons. The van der Waals surface area contributed by atoms with Gasteiger partial charge in [0, 0.05) is 23.1 Å². The van der Waals surface area contributed by atoms with Crippen LogP contribution in [0.2, 0.25) is 0 Å². The molecule has 1 heterocycles. The lowest BCUT2D eigenvalue weighted by atomic mass is 10.1. The van der Waals surface area contributed by atoms with E-state index in [2.05, 4.69) is 34.8 Å². The van der Waals surface area contributed by atoms with Crippen molar-refractivity contribution in [2.75, 3.05) is 6.54 Å². The van der Waals surface area contributed by atoms with Gasteiger partial charge in [0.2, 0.25) is 10.0 Å². The predicted molar refractivity (Wildman–Crippen MR) is 109 cm³/mol. The minimum absolute atomic E-state index is 0.0497. The lowest BCUT2D eigenvalue weighted by Gasteiger charge is -2.11. The van der Waals surface area contributed by atoms with Crippen molar-refractivity contribution in [3.05, 3.63) is 59.3 Å². The summed E-state index contributed by atoms with van der Waals surface area (Å²) in [6, 6.07) is 12.8. The first-order chi connectivity index (χ1) is 12.8. The molecule has 0 saturated carbocycles. The molecule has 0 spiro atoms. The zero-order valence-corrected chi connectivity index (χ0v) is 17.0. The number of fused-ring (bicyclic) bond motifs is 1. The molecule has 5 nitrogen and oxygen atoms in total. The van der Waals surface area contributed by atoms with Crippen molar-refractivity contribution in [1.82, 2.24) is 9.71 Å². The number of hydrogen-bond donors (Lipinski definition) is 2. The van der Waals surface area contributed by atoms with E-state index in [0.717, 1.165) is 22.2 Å². The van der Waals surface area contributed by atoms with E-state index in [1.807, 2.05) is 20.8 Å². The number of sulfonamides is 1. The summed E-state index contributed by atoms with van der Waals surface area (Å²) in [5.41, 5.74) is 4.49. The molecule has 3 aromatic rings. The Bertz CT molecular complexity index is 1040. The van der Waals surface area contributed by atoms with E-state index >= 15 is 0 Å². The van der Waals surface area contributed by atoms with Crippen LogP contribution >= 0.6 is 0 Å². The fraction of sp³-hybridized carbons (Fsp3) is 0.333. The van der Waals surface area contributed by atoms with E-state index in [0.29, 0.717) is 18.7 Å². The van der Waals surface area contributed by atoms with Gasteiger partial charge in [0.1, 0.15) is 5.75 Å². The van der Waals surface area contributed by atoms with Gasteiger partial charge in [-0.2, -0.15) is 0 Å². The van der Waals surface area contributed by atoms with Gasteiger partial charge in [0.05, 0.1) is 11.0 Å². The molecule has 0 aliphatic heterocycles. The molecule has 2 N–H and O–H groups in total. The molecule has 0 fully saturated rings. The zero-order chi connectivity index (χ0) is 19.6. The Morgan fingerprint density at radius 1 is 1.07 bits per heavy atom. The Kier molecular flexibility index (Phi) is 5.58. The van der Waals surface area contributed by atoms with Crippen LogP contribution in [-0.4, -0.2) is 26.1 Å². The van der Waals surface area contributed by atoms with Crippen LogP contribution in [0, 0.1) is 13.8 Å². The van der Waals surface area contributed by atoms with Crippen LogP contribution in [0.3, 0.4) is 0 Å². The average Bonchev–Trinajstić information content (AvgIpc) is 2.90. The first kappa shape index (κ1) is 19.5. The first-order valence-corrected chi connectivity index (χ1v) is 10.6. The van der Waals surface area contributed by atoms with E-state index in [9.17, 15) is 8.42 Å². The zero-order valence-electron chi connectivity index (χ0n) is 16.2. The van der Waals surface area contributed by atoms with Crippen molar-refractivity contribution < 1.29 is 13.2 Å². The van der Waals surface area contributed by atoms with E-state index in [-0.39, 0.29) is 11.0 Å². The maximum Gasteiger partial charge on any atom is 0.240 e. The van der Waals surface area contributed by atoms with Gasteiger partial charge in [-0.05, 0) is 76.1 Å². The summed E-state index contributed by atoms with van der Waals surface area (Å²) in [4.78, 5) is 3.61. The Morgan fingerprint density at radius 2 is 1.78 bits per heavy atom. The Balaban J connectivity index is 1.69. The second-order valence-electron chi connectivity index (χ2n) is 7.06. The first-order valence-electron chi connectivity index (χ1n) is 9.10. The molecular weight excluding hydrogens is 360 g/mol. The highest BCUT2D eigenvalue weighted by atomic mass is 32.2. The number of nitrogens with one attached hydrogen (secondary N) is 2. The van der Waals surface area contributed by atoms with Crippen molar-refractivity contribution in [2.45, 2.75) is 45.1 Å². The fourth-order valence-electron chi connectivity index (χ4n) is 3.18.